The molecule has 1 fully saturated rings. The van der Waals surface area contributed by atoms with Gasteiger partial charge < -0.3 is 10.3 Å². The lowest BCUT2D eigenvalue weighted by atomic mass is 10.0. The van der Waals surface area contributed by atoms with Crippen LogP contribution >= 0.6 is 0 Å². The molecule has 3 rings (SSSR count). The van der Waals surface area contributed by atoms with E-state index >= 15 is 0 Å². The molecular weight excluding hydrogens is 218 g/mol. The van der Waals surface area contributed by atoms with E-state index in [0.29, 0.717) is 11.2 Å². The summed E-state index contributed by atoms with van der Waals surface area (Å²) in [4.78, 5) is 15.6. The minimum atomic E-state index is -0.254. The zero-order chi connectivity index (χ0) is 12.1. The Balaban J connectivity index is 0.000000136. The highest BCUT2D eigenvalue weighted by Crippen LogP contribution is 2.08. The highest BCUT2D eigenvalue weighted by molar-refractivity contribution is 5.67. The van der Waals surface area contributed by atoms with Crippen LogP contribution in [0.4, 0.5) is 0 Å². The van der Waals surface area contributed by atoms with Gasteiger partial charge in [0.05, 0.1) is 11.7 Å². The van der Waals surface area contributed by atoms with E-state index in [1.165, 1.54) is 32.1 Å². The van der Waals surface area contributed by atoms with Crippen LogP contribution in [-0.2, 0) is 0 Å². The van der Waals surface area contributed by atoms with E-state index in [-0.39, 0.29) is 5.69 Å². The summed E-state index contributed by atoms with van der Waals surface area (Å²) in [5.74, 6) is 0.973. The molecule has 0 unspecified atom stereocenters. The fraction of sp³-hybridized carbons (Fsp3) is 0.545. The Kier molecular flexibility index (Phi) is 3.87. The van der Waals surface area contributed by atoms with Gasteiger partial charge in [-0.3, -0.25) is 4.98 Å². The topological polar surface area (TPSA) is 86.5 Å². The number of aromatic amines is 2. The summed E-state index contributed by atoms with van der Waals surface area (Å²) in [5.41, 5.74) is 0.919. The van der Waals surface area contributed by atoms with Crippen LogP contribution in [0.15, 0.2) is 17.1 Å². The average Bonchev–Trinajstić information content (AvgIpc) is 2.71. The number of nitrogens with zero attached hydrogens (tertiary/aromatic N) is 2. The van der Waals surface area contributed by atoms with Gasteiger partial charge in [0.2, 0.25) is 0 Å². The largest absolute Gasteiger partial charge is 0.325 e. The third-order valence-corrected chi connectivity index (χ3v) is 2.83. The zero-order valence-electron chi connectivity index (χ0n) is 9.86. The van der Waals surface area contributed by atoms with Crippen molar-refractivity contribution in [2.45, 2.75) is 19.8 Å². The number of nitrogens with one attached hydrogen (secondary N) is 3. The molecule has 6 nitrogen and oxygen atoms in total. The molecular formula is C11H17N5O. The summed E-state index contributed by atoms with van der Waals surface area (Å²) >= 11 is 0. The molecule has 1 aliphatic rings. The molecule has 0 atom stereocenters. The zero-order valence-corrected chi connectivity index (χ0v) is 9.86. The van der Waals surface area contributed by atoms with Gasteiger partial charge in [-0.1, -0.05) is 6.92 Å². The number of hydrogen-bond acceptors (Lipinski definition) is 4. The Morgan fingerprint density at radius 3 is 2.65 bits per heavy atom. The van der Waals surface area contributed by atoms with Gasteiger partial charge in [-0.05, 0) is 37.9 Å². The molecule has 0 bridgehead atoms. The lowest BCUT2D eigenvalue weighted by Crippen LogP contribution is -2.26. The van der Waals surface area contributed by atoms with E-state index < -0.39 is 0 Å². The van der Waals surface area contributed by atoms with Gasteiger partial charge in [0.1, 0.15) is 0 Å². The number of rotatable bonds is 0. The molecule has 0 spiro atoms. The number of imidazole rings is 1. The van der Waals surface area contributed by atoms with Gasteiger partial charge in [-0.25, -0.2) is 4.79 Å². The molecule has 0 aromatic carbocycles. The number of fused-ring (bicyclic) bond motifs is 1. The van der Waals surface area contributed by atoms with E-state index in [9.17, 15) is 4.79 Å². The summed E-state index contributed by atoms with van der Waals surface area (Å²) in [6.45, 7) is 4.79. The predicted octanol–water partition coefficient (Wildman–Crippen LogP) is 0.652. The van der Waals surface area contributed by atoms with Crippen molar-refractivity contribution in [3.63, 3.8) is 0 Å². The molecule has 0 aliphatic carbocycles. The van der Waals surface area contributed by atoms with Crippen molar-refractivity contribution in [1.29, 1.82) is 0 Å². The van der Waals surface area contributed by atoms with Crippen molar-refractivity contribution < 1.29 is 0 Å². The molecule has 17 heavy (non-hydrogen) atoms. The van der Waals surface area contributed by atoms with Gasteiger partial charge in [-0.2, -0.15) is 5.10 Å². The normalized spacial score (nSPS) is 16.5. The number of piperidine rings is 1. The predicted molar refractivity (Wildman–Crippen MR) is 65.8 cm³/mol. The minimum Gasteiger partial charge on any atom is -0.317 e. The van der Waals surface area contributed by atoms with Crippen LogP contribution in [0, 0.1) is 5.92 Å². The first-order chi connectivity index (χ1) is 8.25. The van der Waals surface area contributed by atoms with Crippen LogP contribution in [0.25, 0.3) is 11.2 Å². The second kappa shape index (κ2) is 5.58. The van der Waals surface area contributed by atoms with Crippen LogP contribution in [0.2, 0.25) is 0 Å². The van der Waals surface area contributed by atoms with Gasteiger partial charge in [0, 0.05) is 0 Å². The molecule has 2 aromatic heterocycles. The van der Waals surface area contributed by atoms with Crippen LogP contribution in [0.1, 0.15) is 19.8 Å². The Bertz CT molecular complexity index is 476. The van der Waals surface area contributed by atoms with Crippen LogP contribution in [0.5, 0.6) is 0 Å². The molecule has 6 heteroatoms. The van der Waals surface area contributed by atoms with Crippen LogP contribution < -0.4 is 11.0 Å². The second-order valence-electron chi connectivity index (χ2n) is 4.31. The summed E-state index contributed by atoms with van der Waals surface area (Å²) < 4.78 is 0. The maximum Gasteiger partial charge on any atom is 0.325 e. The number of hydrogen-bond donors (Lipinski definition) is 3. The third kappa shape index (κ3) is 3.39. The molecule has 3 N–H and O–H groups in total. The lowest BCUT2D eigenvalue weighted by Gasteiger charge is -2.17. The number of aromatic nitrogens is 4. The highest BCUT2D eigenvalue weighted by atomic mass is 16.1. The molecule has 1 aliphatic heterocycles. The van der Waals surface area contributed by atoms with Gasteiger partial charge >= 0.3 is 5.69 Å². The Labute approximate surface area is 98.9 Å². The van der Waals surface area contributed by atoms with Gasteiger partial charge in [0.15, 0.2) is 5.65 Å². The lowest BCUT2D eigenvalue weighted by molar-refractivity contribution is 0.402. The Hall–Kier alpha value is -1.69. The van der Waals surface area contributed by atoms with E-state index in [4.69, 9.17) is 0 Å². The SMILES string of the molecule is CC1CCNCC1.O=c1[nH]c2ccnnc2[nH]1. The summed E-state index contributed by atoms with van der Waals surface area (Å²) in [6.07, 6.45) is 4.27. The van der Waals surface area contributed by atoms with Gasteiger partial charge in [0.25, 0.3) is 0 Å². The average molecular weight is 235 g/mol. The van der Waals surface area contributed by atoms with Crippen LogP contribution in [0.3, 0.4) is 0 Å². The maximum absolute atomic E-state index is 10.6. The fourth-order valence-electron chi connectivity index (χ4n) is 1.75. The monoisotopic (exact) mass is 235 g/mol. The first kappa shape index (κ1) is 11.8. The summed E-state index contributed by atoms with van der Waals surface area (Å²) in [7, 11) is 0. The molecule has 3 heterocycles. The van der Waals surface area contributed by atoms with E-state index in [0.717, 1.165) is 5.92 Å². The fourth-order valence-corrected chi connectivity index (χ4v) is 1.75. The molecule has 0 radical (unpaired) electrons. The quantitative estimate of drug-likeness (QED) is 0.626. The maximum atomic E-state index is 10.6. The Morgan fingerprint density at radius 2 is 2.06 bits per heavy atom. The van der Waals surface area contributed by atoms with Crippen molar-refractivity contribution in [2.24, 2.45) is 5.92 Å². The van der Waals surface area contributed by atoms with Crippen LogP contribution in [-0.4, -0.2) is 33.3 Å². The van der Waals surface area contributed by atoms with Crippen molar-refractivity contribution in [3.8, 4) is 0 Å². The molecule has 92 valence electrons. The van der Waals surface area contributed by atoms with E-state index in [1.807, 2.05) is 0 Å². The first-order valence-corrected chi connectivity index (χ1v) is 5.86. The second-order valence-corrected chi connectivity index (χ2v) is 4.31. The molecule has 0 amide bonds. The van der Waals surface area contributed by atoms with Crippen molar-refractivity contribution in [3.05, 3.63) is 22.7 Å². The third-order valence-electron chi connectivity index (χ3n) is 2.83. The Morgan fingerprint density at radius 1 is 1.29 bits per heavy atom. The van der Waals surface area contributed by atoms with Crippen molar-refractivity contribution >= 4 is 11.2 Å². The van der Waals surface area contributed by atoms with Gasteiger partial charge in [-0.15, -0.1) is 5.10 Å². The van der Waals surface area contributed by atoms with Crippen molar-refractivity contribution in [2.75, 3.05) is 13.1 Å². The summed E-state index contributed by atoms with van der Waals surface area (Å²) in [6, 6.07) is 1.68. The first-order valence-electron chi connectivity index (χ1n) is 5.86. The van der Waals surface area contributed by atoms with E-state index in [1.54, 1.807) is 6.07 Å². The molecule has 1 saturated heterocycles. The highest BCUT2D eigenvalue weighted by Gasteiger charge is 2.05. The number of H-pyrrole nitrogens is 2. The van der Waals surface area contributed by atoms with E-state index in [2.05, 4.69) is 32.4 Å². The smallest absolute Gasteiger partial charge is 0.317 e. The molecule has 2 aromatic rings. The minimum absolute atomic E-state index is 0.254. The summed E-state index contributed by atoms with van der Waals surface area (Å²) in [5, 5.41) is 10.6. The molecule has 0 saturated carbocycles. The standard InChI is InChI=1S/C6H13N.C5H4N4O/c1-6-2-4-7-5-3-6;10-5-7-3-1-2-6-9-4(3)8-5/h6-7H,2-5H2,1H3;1-2H,(H2,7,8,9,10). The van der Waals surface area contributed by atoms with Crippen molar-refractivity contribution in [1.82, 2.24) is 25.5 Å².